The van der Waals surface area contributed by atoms with Crippen molar-refractivity contribution in [3.63, 3.8) is 0 Å². The van der Waals surface area contributed by atoms with Gasteiger partial charge in [0.05, 0.1) is 12.7 Å². The summed E-state index contributed by atoms with van der Waals surface area (Å²) >= 11 is 0. The van der Waals surface area contributed by atoms with Gasteiger partial charge in [-0.15, -0.1) is 0 Å². The monoisotopic (exact) mass is 573 g/mol. The Hall–Kier alpha value is -3.59. The molecule has 0 bridgehead atoms. The Bertz CT molecular complexity index is 1340. The van der Waals surface area contributed by atoms with Crippen LogP contribution < -0.4 is 21.0 Å². The van der Waals surface area contributed by atoms with Gasteiger partial charge >= 0.3 is 25.3 Å². The van der Waals surface area contributed by atoms with E-state index < -0.39 is 62.1 Å². The SMILES string of the molecule is CC(C)OC(=O)[C@H](C)NP(=O)(OC[C@@]1(N=[N+]=[N-])O[C@@H](n2ccc(N)nc2=O)C(F)(F)[C@@H]1O)Oc1ccccc1. The number of carbonyl (C=O) groups excluding carboxylic acids is 1. The number of rotatable bonds is 11. The number of alkyl halides is 2. The Labute approximate surface area is 220 Å². The van der Waals surface area contributed by atoms with Crippen LogP contribution in [0.1, 0.15) is 27.0 Å². The lowest BCUT2D eigenvalue weighted by Gasteiger charge is -2.29. The van der Waals surface area contributed by atoms with Crippen LogP contribution in [0.15, 0.2) is 52.5 Å². The standard InChI is InChI=1S/C21H26F2N7O8P/c1-12(2)36-16(31)13(3)27-39(34,38-14-7-5-4-6-8-14)35-11-20(28-29-25)17(32)21(22,23)18(37-20)30-10-9-15(24)26-19(30)33/h4-10,12-13,17-18,32H,11H2,1-3H3,(H,27,34)(H2,24,26,33)/t13-,17+,18+,20+,39?/m0/s1. The van der Waals surface area contributed by atoms with E-state index in [1.54, 1.807) is 19.9 Å². The van der Waals surface area contributed by atoms with Crippen LogP contribution in [0.5, 0.6) is 5.75 Å². The Morgan fingerprint density at radius 2 is 2.03 bits per heavy atom. The largest absolute Gasteiger partial charge is 0.462 e. The highest BCUT2D eigenvalue weighted by Gasteiger charge is 2.67. The minimum Gasteiger partial charge on any atom is -0.462 e. The van der Waals surface area contributed by atoms with Crippen molar-refractivity contribution >= 4 is 19.5 Å². The summed E-state index contributed by atoms with van der Waals surface area (Å²) in [6.45, 7) is 3.18. The maximum Gasteiger partial charge on any atom is 0.459 e. The van der Waals surface area contributed by atoms with E-state index in [9.17, 15) is 19.3 Å². The number of para-hydroxylation sites is 1. The maximum atomic E-state index is 15.2. The van der Waals surface area contributed by atoms with Gasteiger partial charge in [-0.05, 0) is 44.5 Å². The molecule has 4 N–H and O–H groups in total. The van der Waals surface area contributed by atoms with Gasteiger partial charge in [0.2, 0.25) is 12.0 Å². The summed E-state index contributed by atoms with van der Waals surface area (Å²) in [5.41, 5.74) is 10.3. The van der Waals surface area contributed by atoms with Crippen LogP contribution in [0, 0.1) is 0 Å². The van der Waals surface area contributed by atoms with Gasteiger partial charge in [-0.3, -0.25) is 13.9 Å². The number of nitrogens with zero attached hydrogens (tertiary/aromatic N) is 5. The van der Waals surface area contributed by atoms with Gasteiger partial charge in [-0.1, -0.05) is 23.3 Å². The molecule has 0 spiro atoms. The molecular weight excluding hydrogens is 547 g/mol. The number of nitrogens with one attached hydrogen (secondary N) is 1. The van der Waals surface area contributed by atoms with E-state index in [4.69, 9.17) is 29.8 Å². The molecule has 1 fully saturated rings. The Morgan fingerprint density at radius 1 is 1.36 bits per heavy atom. The fourth-order valence-corrected chi connectivity index (χ4v) is 4.94. The van der Waals surface area contributed by atoms with Crippen molar-refractivity contribution in [3.8, 4) is 5.75 Å². The van der Waals surface area contributed by atoms with Crippen LogP contribution in [0.25, 0.3) is 10.4 Å². The molecule has 0 amide bonds. The van der Waals surface area contributed by atoms with E-state index in [0.717, 1.165) is 12.3 Å². The summed E-state index contributed by atoms with van der Waals surface area (Å²) in [5, 5.41) is 16.0. The molecule has 1 aromatic heterocycles. The third-order valence-corrected chi connectivity index (χ3v) is 6.85. The number of aliphatic hydroxyl groups is 1. The van der Waals surface area contributed by atoms with Gasteiger partial charge in [-0.25, -0.2) is 9.36 Å². The summed E-state index contributed by atoms with van der Waals surface area (Å²) in [4.78, 5) is 30.3. The smallest absolute Gasteiger partial charge is 0.459 e. The molecule has 1 aromatic carbocycles. The van der Waals surface area contributed by atoms with E-state index in [0.29, 0.717) is 4.57 Å². The van der Waals surface area contributed by atoms with Crippen molar-refractivity contribution in [2.75, 3.05) is 12.3 Å². The summed E-state index contributed by atoms with van der Waals surface area (Å²) in [7, 11) is -4.66. The number of hydrogen-bond donors (Lipinski definition) is 3. The van der Waals surface area contributed by atoms with Crippen molar-refractivity contribution < 1.29 is 41.8 Å². The minimum atomic E-state index is -4.66. The minimum absolute atomic E-state index is 0.00816. The number of ether oxygens (including phenoxy) is 2. The number of hydrogen-bond acceptors (Lipinski definition) is 11. The first-order valence-corrected chi connectivity index (χ1v) is 12.9. The van der Waals surface area contributed by atoms with Crippen molar-refractivity contribution in [1.82, 2.24) is 14.6 Å². The number of azide groups is 1. The van der Waals surface area contributed by atoms with Crippen molar-refractivity contribution in [1.29, 1.82) is 0 Å². The molecule has 15 nitrogen and oxygen atoms in total. The van der Waals surface area contributed by atoms with Crippen LogP contribution in [0.3, 0.4) is 0 Å². The predicted octanol–water partition coefficient (Wildman–Crippen LogP) is 2.49. The summed E-state index contributed by atoms with van der Waals surface area (Å²) < 4.78 is 65.4. The molecule has 212 valence electrons. The molecule has 2 heterocycles. The zero-order valence-corrected chi connectivity index (χ0v) is 21.8. The van der Waals surface area contributed by atoms with Gasteiger partial charge in [0.1, 0.15) is 17.6 Å². The first-order valence-electron chi connectivity index (χ1n) is 11.3. The highest BCUT2D eigenvalue weighted by molar-refractivity contribution is 7.52. The number of benzene rings is 1. The molecule has 3 rings (SSSR count). The highest BCUT2D eigenvalue weighted by atomic mass is 31.2. The second-order valence-corrected chi connectivity index (χ2v) is 10.3. The summed E-state index contributed by atoms with van der Waals surface area (Å²) in [6.07, 6.45) is -5.10. The molecule has 39 heavy (non-hydrogen) atoms. The molecular formula is C21H26F2N7O8P. The quantitative estimate of drug-likeness (QED) is 0.117. The average molecular weight is 573 g/mol. The van der Waals surface area contributed by atoms with E-state index in [-0.39, 0.29) is 11.6 Å². The Morgan fingerprint density at radius 3 is 2.62 bits per heavy atom. The number of esters is 1. The third-order valence-electron chi connectivity index (χ3n) is 5.22. The maximum absolute atomic E-state index is 15.2. The molecule has 1 aliphatic heterocycles. The first kappa shape index (κ1) is 30.0. The number of nitrogens with two attached hydrogens (primary N) is 1. The van der Waals surface area contributed by atoms with Gasteiger partial charge in [0.25, 0.3) is 0 Å². The number of nitrogen functional groups attached to an aromatic ring is 1. The number of aliphatic hydroxyl groups excluding tert-OH is 1. The fraction of sp³-hybridized carbons (Fsp3) is 0.476. The number of halogens is 2. The van der Waals surface area contributed by atoms with E-state index in [2.05, 4.69) is 20.1 Å². The topological polar surface area (TPSA) is 213 Å². The van der Waals surface area contributed by atoms with Crippen molar-refractivity contribution in [2.24, 2.45) is 5.11 Å². The lowest BCUT2D eigenvalue weighted by molar-refractivity contribution is -0.149. The molecule has 0 saturated carbocycles. The first-order chi connectivity index (χ1) is 18.2. The molecule has 18 heteroatoms. The molecule has 1 unspecified atom stereocenters. The van der Waals surface area contributed by atoms with E-state index in [1.165, 1.54) is 31.2 Å². The molecule has 1 aliphatic rings. The van der Waals surface area contributed by atoms with Crippen LogP contribution >= 0.6 is 7.75 Å². The average Bonchev–Trinajstić information content (AvgIpc) is 3.04. The third kappa shape index (κ3) is 6.71. The zero-order valence-electron chi connectivity index (χ0n) is 20.9. The van der Waals surface area contributed by atoms with Crippen molar-refractivity contribution in [3.05, 3.63) is 63.5 Å². The molecule has 2 aromatic rings. The number of aromatic nitrogens is 2. The van der Waals surface area contributed by atoms with Crippen LogP contribution in [-0.2, 0) is 23.4 Å². The normalized spacial score (nSPS) is 24.4. The van der Waals surface area contributed by atoms with E-state index >= 15 is 8.78 Å². The molecule has 0 aliphatic carbocycles. The second-order valence-electron chi connectivity index (χ2n) is 8.64. The van der Waals surface area contributed by atoms with Gasteiger partial charge < -0.3 is 24.8 Å². The second kappa shape index (κ2) is 11.7. The lowest BCUT2D eigenvalue weighted by Crippen LogP contribution is -2.48. The Kier molecular flexibility index (Phi) is 8.95. The number of carbonyl (C=O) groups is 1. The highest BCUT2D eigenvalue weighted by Crippen LogP contribution is 2.52. The van der Waals surface area contributed by atoms with Gasteiger partial charge in [0.15, 0.2) is 6.10 Å². The number of anilines is 1. The zero-order chi connectivity index (χ0) is 29.0. The Balaban J connectivity index is 1.95. The van der Waals surface area contributed by atoms with Crippen LogP contribution in [0.2, 0.25) is 0 Å². The molecule has 1 saturated heterocycles. The van der Waals surface area contributed by atoms with Gasteiger partial charge in [-0.2, -0.15) is 18.9 Å². The summed E-state index contributed by atoms with van der Waals surface area (Å²) in [6, 6.07) is 7.22. The predicted molar refractivity (Wildman–Crippen MR) is 130 cm³/mol. The van der Waals surface area contributed by atoms with Gasteiger partial charge in [0, 0.05) is 11.1 Å². The fourth-order valence-electron chi connectivity index (χ4n) is 3.43. The lowest BCUT2D eigenvalue weighted by atomic mass is 10.1. The van der Waals surface area contributed by atoms with Crippen molar-refractivity contribution in [2.45, 2.75) is 56.9 Å². The molecule has 0 radical (unpaired) electrons. The molecule has 5 atom stereocenters. The van der Waals surface area contributed by atoms with Crippen LogP contribution in [0.4, 0.5) is 14.6 Å². The van der Waals surface area contributed by atoms with E-state index in [1.807, 2.05) is 0 Å². The van der Waals surface area contributed by atoms with Crippen LogP contribution in [-0.4, -0.2) is 57.1 Å². The summed E-state index contributed by atoms with van der Waals surface area (Å²) in [5.74, 6) is -5.36.